The zero-order chi connectivity index (χ0) is 14.4. The highest BCUT2D eigenvalue weighted by molar-refractivity contribution is 4.82. The van der Waals surface area contributed by atoms with Crippen molar-refractivity contribution in [2.45, 2.75) is 70.9 Å². The molecule has 2 aliphatic heterocycles. The molecule has 3 atom stereocenters. The molecule has 3 unspecified atom stereocenters. The summed E-state index contributed by atoms with van der Waals surface area (Å²) >= 11 is 0. The van der Waals surface area contributed by atoms with Crippen LogP contribution >= 0.6 is 0 Å². The number of unbranched alkanes of at least 4 members (excludes halogenated alkanes) is 1. The van der Waals surface area contributed by atoms with Crippen molar-refractivity contribution in [3.8, 4) is 0 Å². The van der Waals surface area contributed by atoms with Gasteiger partial charge >= 0.3 is 0 Å². The highest BCUT2D eigenvalue weighted by atomic mass is 16.7. The first-order chi connectivity index (χ1) is 9.74. The summed E-state index contributed by atoms with van der Waals surface area (Å²) in [6.45, 7) is 9.60. The van der Waals surface area contributed by atoms with Crippen molar-refractivity contribution < 1.29 is 18.9 Å². The second-order valence-electron chi connectivity index (χ2n) is 5.95. The SMILES string of the molecule is CCCCC(CC)C(CC)(OCC1CO1)OCC1CO1. The Bertz CT molecular complexity index is 258. The average molecular weight is 286 g/mol. The van der Waals surface area contributed by atoms with Gasteiger partial charge in [-0.05, 0) is 19.3 Å². The summed E-state index contributed by atoms with van der Waals surface area (Å²) in [6, 6.07) is 0. The maximum atomic E-state index is 6.23. The largest absolute Gasteiger partial charge is 0.371 e. The Morgan fingerprint density at radius 2 is 1.60 bits per heavy atom. The average Bonchev–Trinajstić information content (AvgIpc) is 3.36. The second-order valence-corrected chi connectivity index (χ2v) is 5.95. The molecule has 0 N–H and O–H groups in total. The van der Waals surface area contributed by atoms with Crippen LogP contribution in [0.2, 0.25) is 0 Å². The van der Waals surface area contributed by atoms with Crippen LogP contribution in [0.15, 0.2) is 0 Å². The summed E-state index contributed by atoms with van der Waals surface area (Å²) < 4.78 is 23.0. The number of ether oxygens (including phenoxy) is 4. The Morgan fingerprint density at radius 3 is 1.95 bits per heavy atom. The van der Waals surface area contributed by atoms with E-state index < -0.39 is 5.79 Å². The van der Waals surface area contributed by atoms with Crippen molar-refractivity contribution >= 4 is 0 Å². The van der Waals surface area contributed by atoms with Crippen molar-refractivity contribution in [1.29, 1.82) is 0 Å². The summed E-state index contributed by atoms with van der Waals surface area (Å²) in [5.74, 6) is -0.00750. The molecule has 4 heteroatoms. The molecule has 20 heavy (non-hydrogen) atoms. The highest BCUT2D eigenvalue weighted by Gasteiger charge is 2.41. The summed E-state index contributed by atoms with van der Waals surface area (Å²) in [7, 11) is 0. The van der Waals surface area contributed by atoms with Crippen LogP contribution in [0, 0.1) is 5.92 Å². The van der Waals surface area contributed by atoms with Crippen LogP contribution in [0.4, 0.5) is 0 Å². The summed E-state index contributed by atoms with van der Waals surface area (Å²) in [4.78, 5) is 0. The monoisotopic (exact) mass is 286 g/mol. The lowest BCUT2D eigenvalue weighted by Gasteiger charge is -2.39. The van der Waals surface area contributed by atoms with E-state index in [0.717, 1.165) is 32.5 Å². The van der Waals surface area contributed by atoms with E-state index in [1.165, 1.54) is 12.8 Å². The first-order valence-electron chi connectivity index (χ1n) is 8.25. The van der Waals surface area contributed by atoms with Crippen molar-refractivity contribution in [3.05, 3.63) is 0 Å². The van der Waals surface area contributed by atoms with E-state index in [2.05, 4.69) is 20.8 Å². The summed E-state index contributed by atoms with van der Waals surface area (Å²) in [5, 5.41) is 0. The van der Waals surface area contributed by atoms with Crippen molar-refractivity contribution in [3.63, 3.8) is 0 Å². The van der Waals surface area contributed by atoms with E-state index in [0.29, 0.717) is 19.1 Å². The molecule has 0 bridgehead atoms. The molecule has 0 spiro atoms. The first kappa shape index (κ1) is 16.2. The van der Waals surface area contributed by atoms with Crippen LogP contribution in [0.1, 0.15) is 52.9 Å². The van der Waals surface area contributed by atoms with Crippen LogP contribution in [0.25, 0.3) is 0 Å². The molecule has 0 radical (unpaired) electrons. The van der Waals surface area contributed by atoms with Gasteiger partial charge in [0.1, 0.15) is 12.2 Å². The molecule has 2 rings (SSSR count). The molecule has 0 amide bonds. The fourth-order valence-electron chi connectivity index (χ4n) is 2.75. The number of hydrogen-bond acceptors (Lipinski definition) is 4. The fourth-order valence-corrected chi connectivity index (χ4v) is 2.75. The molecule has 2 heterocycles. The van der Waals surface area contributed by atoms with E-state index in [-0.39, 0.29) is 12.2 Å². The molecular weight excluding hydrogens is 256 g/mol. The van der Waals surface area contributed by atoms with Gasteiger partial charge in [0.25, 0.3) is 0 Å². The number of rotatable bonds is 12. The van der Waals surface area contributed by atoms with Crippen LogP contribution in [0.5, 0.6) is 0 Å². The van der Waals surface area contributed by atoms with Gasteiger partial charge in [-0.1, -0.05) is 33.6 Å². The van der Waals surface area contributed by atoms with E-state index in [1.807, 2.05) is 0 Å². The van der Waals surface area contributed by atoms with Crippen molar-refractivity contribution in [2.24, 2.45) is 5.92 Å². The van der Waals surface area contributed by atoms with E-state index in [9.17, 15) is 0 Å². The third-order valence-electron chi connectivity index (χ3n) is 4.35. The van der Waals surface area contributed by atoms with Gasteiger partial charge in [-0.2, -0.15) is 0 Å². The van der Waals surface area contributed by atoms with Gasteiger partial charge in [-0.25, -0.2) is 0 Å². The Morgan fingerprint density at radius 1 is 1.05 bits per heavy atom. The molecule has 4 nitrogen and oxygen atoms in total. The number of hydrogen-bond donors (Lipinski definition) is 0. The molecule has 118 valence electrons. The molecule has 0 aromatic rings. The molecule has 2 fully saturated rings. The van der Waals surface area contributed by atoms with Gasteiger partial charge in [-0.3, -0.25) is 0 Å². The molecular formula is C16H30O4. The summed E-state index contributed by atoms with van der Waals surface area (Å²) in [6.07, 6.45) is 6.15. The zero-order valence-electron chi connectivity index (χ0n) is 13.2. The maximum absolute atomic E-state index is 6.23. The lowest BCUT2D eigenvalue weighted by atomic mass is 9.88. The van der Waals surface area contributed by atoms with Crippen molar-refractivity contribution in [2.75, 3.05) is 26.4 Å². The molecule has 2 saturated heterocycles. The second kappa shape index (κ2) is 7.74. The Balaban J connectivity index is 1.95. The molecule has 0 aromatic carbocycles. The van der Waals surface area contributed by atoms with Gasteiger partial charge in [0, 0.05) is 5.92 Å². The molecule has 2 aliphatic rings. The number of epoxide rings is 2. The van der Waals surface area contributed by atoms with E-state index in [1.54, 1.807) is 0 Å². The maximum Gasteiger partial charge on any atom is 0.171 e. The normalized spacial score (nSPS) is 28.9. The van der Waals surface area contributed by atoms with Gasteiger partial charge in [0.05, 0.1) is 26.4 Å². The Kier molecular flexibility index (Phi) is 6.27. The quantitative estimate of drug-likeness (QED) is 0.408. The lowest BCUT2D eigenvalue weighted by Crippen LogP contribution is -2.45. The minimum atomic E-state index is -0.457. The standard InChI is InChI=1S/C16H30O4/c1-4-7-8-13(5-2)16(6-3,19-11-14-9-17-14)20-12-15-10-18-15/h13-15H,4-12H2,1-3H3. The minimum Gasteiger partial charge on any atom is -0.371 e. The minimum absolute atomic E-state index is 0.283. The van der Waals surface area contributed by atoms with E-state index in [4.69, 9.17) is 18.9 Å². The first-order valence-corrected chi connectivity index (χ1v) is 8.25. The van der Waals surface area contributed by atoms with Crippen LogP contribution in [-0.2, 0) is 18.9 Å². The van der Waals surface area contributed by atoms with Gasteiger partial charge in [0.15, 0.2) is 5.79 Å². The van der Waals surface area contributed by atoms with Crippen LogP contribution in [-0.4, -0.2) is 44.4 Å². The summed E-state index contributed by atoms with van der Waals surface area (Å²) in [5.41, 5.74) is 0. The fraction of sp³-hybridized carbons (Fsp3) is 1.00. The lowest BCUT2D eigenvalue weighted by molar-refractivity contribution is -0.273. The zero-order valence-corrected chi connectivity index (χ0v) is 13.2. The molecule has 0 saturated carbocycles. The van der Waals surface area contributed by atoms with Gasteiger partial charge in [-0.15, -0.1) is 0 Å². The predicted molar refractivity (Wildman–Crippen MR) is 77.7 cm³/mol. The van der Waals surface area contributed by atoms with Crippen LogP contribution in [0.3, 0.4) is 0 Å². The van der Waals surface area contributed by atoms with E-state index >= 15 is 0 Å². The topological polar surface area (TPSA) is 43.5 Å². The third kappa shape index (κ3) is 4.69. The smallest absolute Gasteiger partial charge is 0.171 e. The molecule has 0 aliphatic carbocycles. The third-order valence-corrected chi connectivity index (χ3v) is 4.35. The van der Waals surface area contributed by atoms with Gasteiger partial charge < -0.3 is 18.9 Å². The van der Waals surface area contributed by atoms with Crippen molar-refractivity contribution in [1.82, 2.24) is 0 Å². The Hall–Kier alpha value is -0.160. The van der Waals surface area contributed by atoms with Crippen LogP contribution < -0.4 is 0 Å². The van der Waals surface area contributed by atoms with Gasteiger partial charge in [0.2, 0.25) is 0 Å². The highest BCUT2D eigenvalue weighted by Crippen LogP contribution is 2.35. The Labute approximate surface area is 123 Å². The predicted octanol–water partition coefficient (Wildman–Crippen LogP) is 3.14. The molecule has 0 aromatic heterocycles.